The average molecular weight is 380 g/mol. The van der Waals surface area contributed by atoms with Crippen LogP contribution >= 0.6 is 11.8 Å². The second-order valence-electron chi connectivity index (χ2n) is 6.90. The van der Waals surface area contributed by atoms with Gasteiger partial charge in [-0.05, 0) is 38.5 Å². The van der Waals surface area contributed by atoms with Crippen LogP contribution in [0.5, 0.6) is 0 Å². The third kappa shape index (κ3) is 4.98. The third-order valence-electron chi connectivity index (χ3n) is 3.71. The summed E-state index contributed by atoms with van der Waals surface area (Å²) in [6.07, 6.45) is 0.0920. The topological polar surface area (TPSA) is 98.9 Å². The maximum absolute atomic E-state index is 12.3. The molecule has 142 valence electrons. The van der Waals surface area contributed by atoms with Gasteiger partial charge in [0.05, 0.1) is 25.0 Å². The highest BCUT2D eigenvalue weighted by molar-refractivity contribution is 8.00. The molecule has 1 aromatic rings. The van der Waals surface area contributed by atoms with Gasteiger partial charge in [0, 0.05) is 11.4 Å². The first-order valence-corrected chi connectivity index (χ1v) is 9.23. The van der Waals surface area contributed by atoms with Crippen molar-refractivity contribution in [2.24, 2.45) is 5.73 Å². The number of nitrogens with two attached hydrogens (primary N) is 1. The molecule has 1 amide bonds. The van der Waals surface area contributed by atoms with Gasteiger partial charge in [-0.3, -0.25) is 9.59 Å². The van der Waals surface area contributed by atoms with E-state index in [0.29, 0.717) is 17.0 Å². The molecule has 7 nitrogen and oxygen atoms in total. The smallest absolute Gasteiger partial charge is 0.328 e. The maximum atomic E-state index is 12.3. The number of hydrogen-bond acceptors (Lipinski definition) is 7. The molecule has 0 bridgehead atoms. The summed E-state index contributed by atoms with van der Waals surface area (Å²) in [6, 6.07) is 4.35. The van der Waals surface area contributed by atoms with Crippen LogP contribution in [0.2, 0.25) is 0 Å². The van der Waals surface area contributed by atoms with E-state index < -0.39 is 17.6 Å². The van der Waals surface area contributed by atoms with E-state index in [4.69, 9.17) is 10.5 Å². The summed E-state index contributed by atoms with van der Waals surface area (Å²) >= 11 is 1.42. The molecule has 1 aliphatic rings. The number of amides is 1. The molecule has 1 aromatic carbocycles. The summed E-state index contributed by atoms with van der Waals surface area (Å²) in [5, 5.41) is 0. The molecule has 0 fully saturated rings. The Bertz CT molecular complexity index is 714. The first-order chi connectivity index (χ1) is 12.1. The largest absolute Gasteiger partial charge is 0.469 e. The molecule has 0 saturated heterocycles. The molecule has 8 heteroatoms. The van der Waals surface area contributed by atoms with E-state index in [1.807, 2.05) is 6.07 Å². The fraction of sp³-hybridized carbons (Fsp3) is 0.500. The van der Waals surface area contributed by atoms with Gasteiger partial charge in [0.15, 0.2) is 0 Å². The van der Waals surface area contributed by atoms with Crippen LogP contribution in [0.25, 0.3) is 0 Å². The molecule has 26 heavy (non-hydrogen) atoms. The second kappa shape index (κ2) is 8.09. The predicted octanol–water partition coefficient (Wildman–Crippen LogP) is 2.03. The Balaban J connectivity index is 2.25. The zero-order valence-electron chi connectivity index (χ0n) is 15.4. The van der Waals surface area contributed by atoms with Crippen molar-refractivity contribution in [3.05, 3.63) is 23.8 Å². The fourth-order valence-electron chi connectivity index (χ4n) is 2.46. The molecule has 1 atom stereocenters. The number of fused-ring (bicyclic) bond motifs is 1. The summed E-state index contributed by atoms with van der Waals surface area (Å²) < 4.78 is 9.97. The summed E-state index contributed by atoms with van der Waals surface area (Å²) in [4.78, 5) is 38.4. The maximum Gasteiger partial charge on any atom is 0.328 e. The van der Waals surface area contributed by atoms with Crippen molar-refractivity contribution < 1.29 is 23.9 Å². The van der Waals surface area contributed by atoms with Gasteiger partial charge in [0.2, 0.25) is 5.91 Å². The van der Waals surface area contributed by atoms with Gasteiger partial charge in [-0.15, -0.1) is 11.8 Å². The number of hydrogen-bond donors (Lipinski definition) is 1. The lowest BCUT2D eigenvalue weighted by Crippen LogP contribution is -2.37. The lowest BCUT2D eigenvalue weighted by molar-refractivity contribution is -0.156. The summed E-state index contributed by atoms with van der Waals surface area (Å²) in [5.41, 5.74) is 6.60. The second-order valence-corrected chi connectivity index (χ2v) is 7.92. The van der Waals surface area contributed by atoms with Crippen molar-refractivity contribution in [2.45, 2.75) is 43.7 Å². The Morgan fingerprint density at radius 2 is 2.04 bits per heavy atom. The number of nitrogens with zero attached hydrogens (tertiary/aromatic N) is 1. The fourth-order valence-corrected chi connectivity index (χ4v) is 3.38. The Morgan fingerprint density at radius 1 is 1.35 bits per heavy atom. The Kier molecular flexibility index (Phi) is 6.30. The van der Waals surface area contributed by atoms with Gasteiger partial charge in [0.1, 0.15) is 11.6 Å². The molecule has 1 heterocycles. The van der Waals surface area contributed by atoms with Crippen LogP contribution in [-0.4, -0.2) is 42.9 Å². The molecule has 2 N–H and O–H groups in total. The molecular formula is C18H24N2O5S. The number of rotatable bonds is 5. The Hall–Kier alpha value is -2.06. The number of thioether (sulfide) groups is 1. The quantitative estimate of drug-likeness (QED) is 0.780. The Morgan fingerprint density at radius 3 is 2.65 bits per heavy atom. The van der Waals surface area contributed by atoms with Gasteiger partial charge >= 0.3 is 11.9 Å². The zero-order chi connectivity index (χ0) is 19.5. The van der Waals surface area contributed by atoms with Crippen molar-refractivity contribution in [1.82, 2.24) is 0 Å². The molecule has 0 spiro atoms. The molecule has 1 unspecified atom stereocenters. The normalized spacial score (nSPS) is 15.3. The molecular weight excluding hydrogens is 356 g/mol. The van der Waals surface area contributed by atoms with Crippen LogP contribution in [-0.2, 0) is 23.9 Å². The number of methoxy groups -OCH3 is 1. The summed E-state index contributed by atoms with van der Waals surface area (Å²) in [6.45, 7) is 5.53. The minimum absolute atomic E-state index is 0.0920. The molecule has 1 aliphatic heterocycles. The first kappa shape index (κ1) is 20.3. The third-order valence-corrected chi connectivity index (χ3v) is 4.76. The van der Waals surface area contributed by atoms with Gasteiger partial charge < -0.3 is 20.1 Å². The Labute approximate surface area is 157 Å². The number of ether oxygens (including phenoxy) is 2. The van der Waals surface area contributed by atoms with Crippen LogP contribution in [0.4, 0.5) is 5.69 Å². The summed E-state index contributed by atoms with van der Waals surface area (Å²) in [7, 11) is 1.31. The minimum atomic E-state index is -0.955. The monoisotopic (exact) mass is 380 g/mol. The van der Waals surface area contributed by atoms with Crippen LogP contribution in [0.1, 0.15) is 38.8 Å². The highest BCUT2D eigenvalue weighted by atomic mass is 32.2. The van der Waals surface area contributed by atoms with E-state index in [9.17, 15) is 14.4 Å². The number of benzene rings is 1. The first-order valence-electron chi connectivity index (χ1n) is 8.25. The van der Waals surface area contributed by atoms with E-state index in [2.05, 4.69) is 4.74 Å². The van der Waals surface area contributed by atoms with Crippen molar-refractivity contribution in [1.29, 1.82) is 0 Å². The molecule has 0 saturated carbocycles. The van der Waals surface area contributed by atoms with E-state index in [-0.39, 0.29) is 24.8 Å². The van der Waals surface area contributed by atoms with Crippen molar-refractivity contribution in [2.75, 3.05) is 24.3 Å². The van der Waals surface area contributed by atoms with Gasteiger partial charge in [-0.2, -0.15) is 0 Å². The van der Waals surface area contributed by atoms with Crippen LogP contribution in [0, 0.1) is 0 Å². The van der Waals surface area contributed by atoms with Crippen molar-refractivity contribution >= 4 is 35.3 Å². The van der Waals surface area contributed by atoms with Crippen molar-refractivity contribution in [3.8, 4) is 0 Å². The zero-order valence-corrected chi connectivity index (χ0v) is 16.2. The number of esters is 2. The lowest BCUT2D eigenvalue weighted by atomic mass is 10.1. The SMILES string of the molecule is COC(=O)CCN1C(=O)CSc2ccc(C(N)C(=O)OC(C)(C)C)cc21. The number of anilines is 1. The lowest BCUT2D eigenvalue weighted by Gasteiger charge is -2.30. The minimum Gasteiger partial charge on any atom is -0.469 e. The highest BCUT2D eigenvalue weighted by Gasteiger charge is 2.28. The van der Waals surface area contributed by atoms with E-state index >= 15 is 0 Å². The van der Waals surface area contributed by atoms with Gasteiger partial charge in [0.25, 0.3) is 0 Å². The van der Waals surface area contributed by atoms with Crippen LogP contribution in [0.3, 0.4) is 0 Å². The van der Waals surface area contributed by atoms with Crippen molar-refractivity contribution in [3.63, 3.8) is 0 Å². The van der Waals surface area contributed by atoms with Gasteiger partial charge in [-0.1, -0.05) is 6.07 Å². The van der Waals surface area contributed by atoms with Crippen LogP contribution in [0.15, 0.2) is 23.1 Å². The standard InChI is InChI=1S/C18H24N2O5S/c1-18(2,3)25-17(23)16(19)11-5-6-13-12(9-11)20(14(21)10-26-13)8-7-15(22)24-4/h5-6,9,16H,7-8,10,19H2,1-4H3. The van der Waals surface area contributed by atoms with Gasteiger partial charge in [-0.25, -0.2) is 4.79 Å². The molecule has 0 radical (unpaired) electrons. The van der Waals surface area contributed by atoms with Crippen LogP contribution < -0.4 is 10.6 Å². The predicted molar refractivity (Wildman–Crippen MR) is 98.9 cm³/mol. The summed E-state index contributed by atoms with van der Waals surface area (Å²) in [5.74, 6) is -0.729. The molecule has 0 aliphatic carbocycles. The number of carbonyl (C=O) groups is 3. The molecule has 2 rings (SSSR count). The highest BCUT2D eigenvalue weighted by Crippen LogP contribution is 2.37. The van der Waals surface area contributed by atoms with E-state index in [1.54, 1.807) is 32.9 Å². The average Bonchev–Trinajstić information content (AvgIpc) is 2.57. The van der Waals surface area contributed by atoms with E-state index in [0.717, 1.165) is 4.90 Å². The number of carbonyl (C=O) groups excluding carboxylic acids is 3. The molecule has 0 aromatic heterocycles. The van der Waals surface area contributed by atoms with E-state index in [1.165, 1.54) is 23.8 Å².